The molecule has 2 unspecified atom stereocenters. The molecule has 30 heavy (non-hydrogen) atoms. The van der Waals surface area contributed by atoms with Crippen molar-refractivity contribution in [2.45, 2.75) is 84.1 Å². The van der Waals surface area contributed by atoms with Gasteiger partial charge in [-0.15, -0.1) is 6.58 Å². The number of nitrogens with zero attached hydrogens (tertiary/aromatic N) is 1. The van der Waals surface area contributed by atoms with Crippen molar-refractivity contribution >= 4 is 23.9 Å². The molecule has 1 rings (SSSR count). The van der Waals surface area contributed by atoms with Gasteiger partial charge < -0.3 is 9.47 Å². The Hall–Kier alpha value is -2.52. The Morgan fingerprint density at radius 1 is 1.13 bits per heavy atom. The quantitative estimate of drug-likeness (QED) is 0.420. The fourth-order valence-electron chi connectivity index (χ4n) is 3.33. The summed E-state index contributed by atoms with van der Waals surface area (Å²) in [6, 6.07) is -2.22. The van der Waals surface area contributed by atoms with E-state index in [1.165, 1.54) is 6.08 Å². The van der Waals surface area contributed by atoms with E-state index < -0.39 is 54.6 Å². The monoisotopic (exact) mass is 432 g/mol. The van der Waals surface area contributed by atoms with Crippen LogP contribution in [0.5, 0.6) is 0 Å². The maximum Gasteiger partial charge on any atom is 0.413 e. The van der Waals surface area contributed by atoms with Crippen molar-refractivity contribution in [3.05, 3.63) is 12.7 Å². The number of rotatable bonds is 10. The Kier molecular flexibility index (Phi) is 10.4. The summed E-state index contributed by atoms with van der Waals surface area (Å²) in [6.45, 7) is 8.22. The van der Waals surface area contributed by atoms with Gasteiger partial charge in [-0.1, -0.05) is 19.9 Å². The Labute approximate surface area is 174 Å². The number of imide groups is 1. The van der Waals surface area contributed by atoms with Crippen molar-refractivity contribution in [3.8, 4) is 0 Å². The number of ether oxygens (including phenoxy) is 2. The molecule has 0 aromatic heterocycles. The summed E-state index contributed by atoms with van der Waals surface area (Å²) in [5, 5.41) is 2.09. The molecule has 8 nitrogen and oxygen atoms in total. The van der Waals surface area contributed by atoms with Crippen molar-refractivity contribution in [2.75, 3.05) is 0 Å². The third kappa shape index (κ3) is 7.38. The molecule has 1 fully saturated rings. The van der Waals surface area contributed by atoms with E-state index in [2.05, 4.69) is 11.9 Å². The van der Waals surface area contributed by atoms with E-state index in [4.69, 9.17) is 9.47 Å². The molecule has 1 aliphatic heterocycles. The lowest BCUT2D eigenvalue weighted by Gasteiger charge is -2.30. The molecule has 1 heterocycles. The van der Waals surface area contributed by atoms with Gasteiger partial charge in [0.05, 0.1) is 6.04 Å². The van der Waals surface area contributed by atoms with Crippen LogP contribution in [0.25, 0.3) is 0 Å². The van der Waals surface area contributed by atoms with Gasteiger partial charge in [-0.2, -0.15) is 0 Å². The standard InChI is InChI=1S/C20H30F2N2O6/c1-5-8-16(21)29-19(27)15-10-13(7-3)14(11-18(26)23-12(4)25)24(15)20(28)30-17(22)9-6-2/h7,13-17H,3,5-6,8-11H2,1-2,4H3,(H,23,25,26)/t13-,14-,15-,16?,17?/m1/s1. The molecule has 3 amide bonds. The first-order valence-corrected chi connectivity index (χ1v) is 10.0. The molecular weight excluding hydrogens is 402 g/mol. The summed E-state index contributed by atoms with van der Waals surface area (Å²) in [5.41, 5.74) is 0. The maximum absolute atomic E-state index is 13.9. The van der Waals surface area contributed by atoms with Gasteiger partial charge in [-0.05, 0) is 19.3 Å². The molecule has 0 radical (unpaired) electrons. The largest absolute Gasteiger partial charge is 0.430 e. The fourth-order valence-corrected chi connectivity index (χ4v) is 3.33. The summed E-state index contributed by atoms with van der Waals surface area (Å²) >= 11 is 0. The molecule has 10 heteroatoms. The highest BCUT2D eigenvalue weighted by Gasteiger charge is 2.49. The van der Waals surface area contributed by atoms with Crippen LogP contribution >= 0.6 is 0 Å². The van der Waals surface area contributed by atoms with Crippen molar-refractivity contribution < 1.29 is 37.4 Å². The average molecular weight is 432 g/mol. The summed E-state index contributed by atoms with van der Waals surface area (Å²) in [6.07, 6.45) is -3.02. The van der Waals surface area contributed by atoms with Crippen LogP contribution in [0, 0.1) is 5.92 Å². The third-order valence-corrected chi connectivity index (χ3v) is 4.68. The van der Waals surface area contributed by atoms with Crippen LogP contribution in [0.15, 0.2) is 12.7 Å². The number of halogens is 2. The fraction of sp³-hybridized carbons (Fsp3) is 0.700. The van der Waals surface area contributed by atoms with E-state index in [0.717, 1.165) is 11.8 Å². The SMILES string of the molecule is C=C[C@@H]1C[C@H](C(=O)OC(F)CCC)N(C(=O)OC(F)CCC)[C@@H]1CC(=O)NC(C)=O. The first kappa shape index (κ1) is 25.5. The molecule has 1 aliphatic rings. The van der Waals surface area contributed by atoms with Gasteiger partial charge in [-0.25, -0.2) is 18.4 Å². The van der Waals surface area contributed by atoms with E-state index in [9.17, 15) is 28.0 Å². The number of amides is 3. The predicted molar refractivity (Wildman–Crippen MR) is 103 cm³/mol. The minimum absolute atomic E-state index is 0.000966. The number of carbonyl (C=O) groups excluding carboxylic acids is 4. The van der Waals surface area contributed by atoms with E-state index in [-0.39, 0.29) is 25.7 Å². The number of carbonyl (C=O) groups is 4. The Morgan fingerprint density at radius 3 is 2.20 bits per heavy atom. The third-order valence-electron chi connectivity index (χ3n) is 4.68. The van der Waals surface area contributed by atoms with Crippen LogP contribution < -0.4 is 5.32 Å². The predicted octanol–water partition coefficient (Wildman–Crippen LogP) is 3.16. The second-order valence-electron chi connectivity index (χ2n) is 7.15. The molecule has 1 saturated heterocycles. The maximum atomic E-state index is 13.9. The van der Waals surface area contributed by atoms with Crippen LogP contribution in [-0.2, 0) is 23.9 Å². The number of likely N-dealkylation sites (tertiary alicyclic amines) is 1. The van der Waals surface area contributed by atoms with E-state index >= 15 is 0 Å². The highest BCUT2D eigenvalue weighted by atomic mass is 19.1. The second-order valence-corrected chi connectivity index (χ2v) is 7.15. The molecule has 0 aromatic rings. The van der Waals surface area contributed by atoms with Crippen LogP contribution in [-0.4, -0.2) is 53.6 Å². The van der Waals surface area contributed by atoms with Crippen LogP contribution in [0.2, 0.25) is 0 Å². The first-order valence-electron chi connectivity index (χ1n) is 10.0. The smallest absolute Gasteiger partial charge is 0.413 e. The molecule has 170 valence electrons. The zero-order valence-electron chi connectivity index (χ0n) is 17.6. The van der Waals surface area contributed by atoms with Gasteiger partial charge in [0.2, 0.25) is 24.5 Å². The molecule has 0 spiro atoms. The minimum atomic E-state index is -1.90. The van der Waals surface area contributed by atoms with Gasteiger partial charge >= 0.3 is 12.1 Å². The van der Waals surface area contributed by atoms with Crippen molar-refractivity contribution in [1.82, 2.24) is 10.2 Å². The zero-order valence-corrected chi connectivity index (χ0v) is 17.6. The lowest BCUT2D eigenvalue weighted by molar-refractivity contribution is -0.164. The number of hydrogen-bond acceptors (Lipinski definition) is 6. The summed E-state index contributed by atoms with van der Waals surface area (Å²) in [4.78, 5) is 49.3. The van der Waals surface area contributed by atoms with Crippen molar-refractivity contribution in [2.24, 2.45) is 5.92 Å². The number of alkyl halides is 2. The number of esters is 1. The first-order chi connectivity index (χ1) is 14.1. The van der Waals surface area contributed by atoms with Gasteiger partial charge in [0.15, 0.2) is 0 Å². The highest BCUT2D eigenvalue weighted by Crippen LogP contribution is 2.35. The van der Waals surface area contributed by atoms with E-state index in [1.807, 2.05) is 0 Å². The van der Waals surface area contributed by atoms with Gasteiger partial charge in [0, 0.05) is 32.1 Å². The average Bonchev–Trinajstić information content (AvgIpc) is 2.99. The van der Waals surface area contributed by atoms with E-state index in [0.29, 0.717) is 12.8 Å². The minimum Gasteiger partial charge on any atom is -0.430 e. The van der Waals surface area contributed by atoms with Crippen LogP contribution in [0.4, 0.5) is 13.6 Å². The topological polar surface area (TPSA) is 102 Å². The van der Waals surface area contributed by atoms with Crippen LogP contribution in [0.3, 0.4) is 0 Å². The molecule has 0 aliphatic carbocycles. The lowest BCUT2D eigenvalue weighted by Crippen LogP contribution is -2.49. The Balaban J connectivity index is 3.12. The summed E-state index contributed by atoms with van der Waals surface area (Å²) < 4.78 is 37.3. The second kappa shape index (κ2) is 12.2. The molecule has 0 aromatic carbocycles. The van der Waals surface area contributed by atoms with Crippen molar-refractivity contribution in [3.63, 3.8) is 0 Å². The Bertz CT molecular complexity index is 645. The molecule has 5 atom stereocenters. The molecule has 1 N–H and O–H groups in total. The zero-order chi connectivity index (χ0) is 22.8. The highest BCUT2D eigenvalue weighted by molar-refractivity contribution is 5.94. The summed E-state index contributed by atoms with van der Waals surface area (Å²) in [5.74, 6) is -2.85. The molecular formula is C20H30F2N2O6. The number of hydrogen-bond donors (Lipinski definition) is 1. The number of nitrogens with one attached hydrogen (secondary N) is 1. The van der Waals surface area contributed by atoms with Gasteiger partial charge in [0.1, 0.15) is 6.04 Å². The van der Waals surface area contributed by atoms with Gasteiger partial charge in [-0.3, -0.25) is 19.8 Å². The lowest BCUT2D eigenvalue weighted by atomic mass is 9.96. The Morgan fingerprint density at radius 2 is 1.70 bits per heavy atom. The normalized spacial score (nSPS) is 22.7. The van der Waals surface area contributed by atoms with Crippen LogP contribution in [0.1, 0.15) is 59.3 Å². The van der Waals surface area contributed by atoms with E-state index in [1.54, 1.807) is 13.8 Å². The molecule has 0 saturated carbocycles. The van der Waals surface area contributed by atoms with Gasteiger partial charge in [0.25, 0.3) is 0 Å². The summed E-state index contributed by atoms with van der Waals surface area (Å²) in [7, 11) is 0. The molecule has 0 bridgehead atoms. The van der Waals surface area contributed by atoms with Crippen molar-refractivity contribution in [1.29, 1.82) is 0 Å².